The molecule has 5 nitrogen and oxygen atoms in total. The summed E-state index contributed by atoms with van der Waals surface area (Å²) in [6, 6.07) is 0. The normalized spacial score (nSPS) is 26.6. The Balaban J connectivity index is 2.08. The Morgan fingerprint density at radius 3 is 3.07 bits per heavy atom. The molecule has 1 aliphatic rings. The van der Waals surface area contributed by atoms with Gasteiger partial charge in [-0.1, -0.05) is 6.92 Å². The molecule has 78 valence electrons. The van der Waals surface area contributed by atoms with Crippen LogP contribution in [0, 0.1) is 0 Å². The first-order valence-electron chi connectivity index (χ1n) is 4.69. The van der Waals surface area contributed by atoms with Crippen LogP contribution >= 0.6 is 11.5 Å². The minimum Gasteiger partial charge on any atom is -0.379 e. The van der Waals surface area contributed by atoms with Crippen LogP contribution in [0.15, 0.2) is 0 Å². The average molecular weight is 214 g/mol. The molecule has 2 rings (SSSR count). The lowest BCUT2D eigenvalue weighted by Gasteiger charge is -2.26. The van der Waals surface area contributed by atoms with Crippen molar-refractivity contribution < 1.29 is 4.74 Å². The van der Waals surface area contributed by atoms with Crippen LogP contribution in [0.2, 0.25) is 0 Å². The van der Waals surface area contributed by atoms with Gasteiger partial charge < -0.3 is 15.8 Å². The van der Waals surface area contributed by atoms with E-state index in [1.165, 1.54) is 11.5 Å². The summed E-state index contributed by atoms with van der Waals surface area (Å²) in [5, 5.41) is 4.15. The second-order valence-electron chi connectivity index (χ2n) is 3.52. The van der Waals surface area contributed by atoms with E-state index in [4.69, 9.17) is 10.5 Å². The number of aromatic nitrogens is 2. The van der Waals surface area contributed by atoms with Gasteiger partial charge in [-0.05, 0) is 12.8 Å². The van der Waals surface area contributed by atoms with E-state index < -0.39 is 0 Å². The van der Waals surface area contributed by atoms with Crippen molar-refractivity contribution in [3.05, 3.63) is 0 Å². The smallest absolute Gasteiger partial charge is 0.233 e. The number of ether oxygens (including phenoxy) is 1. The standard InChI is InChI=1S/C8H14N4OS/c1-2-8(3-4-13-5-8)11-7-10-6(9)12-14-7/h2-5H2,1H3,(H3,9,10,11,12). The number of nitrogens with two attached hydrogens (primary N) is 1. The molecule has 14 heavy (non-hydrogen) atoms. The summed E-state index contributed by atoms with van der Waals surface area (Å²) >= 11 is 1.30. The lowest BCUT2D eigenvalue weighted by atomic mass is 9.96. The first-order chi connectivity index (χ1) is 6.74. The van der Waals surface area contributed by atoms with E-state index in [1.54, 1.807) is 0 Å². The highest BCUT2D eigenvalue weighted by atomic mass is 32.1. The maximum absolute atomic E-state index is 5.45. The zero-order valence-corrected chi connectivity index (χ0v) is 8.93. The molecule has 3 N–H and O–H groups in total. The third-order valence-corrected chi connectivity index (χ3v) is 3.24. The van der Waals surface area contributed by atoms with Crippen LogP contribution in [0.1, 0.15) is 19.8 Å². The fourth-order valence-electron chi connectivity index (χ4n) is 1.59. The molecule has 0 bridgehead atoms. The highest BCUT2D eigenvalue weighted by Crippen LogP contribution is 2.28. The number of nitrogens with one attached hydrogen (secondary N) is 1. The summed E-state index contributed by atoms with van der Waals surface area (Å²) in [7, 11) is 0. The van der Waals surface area contributed by atoms with Gasteiger partial charge in [-0.3, -0.25) is 0 Å². The predicted molar refractivity (Wildman–Crippen MR) is 56.4 cm³/mol. The summed E-state index contributed by atoms with van der Waals surface area (Å²) in [6.07, 6.45) is 2.04. The van der Waals surface area contributed by atoms with Crippen molar-refractivity contribution in [1.29, 1.82) is 0 Å². The molecule has 1 aliphatic heterocycles. The molecular formula is C8H14N4OS. The summed E-state index contributed by atoms with van der Waals surface area (Å²) in [4.78, 5) is 4.09. The zero-order valence-electron chi connectivity index (χ0n) is 8.12. The van der Waals surface area contributed by atoms with Crippen LogP contribution < -0.4 is 11.1 Å². The third-order valence-electron chi connectivity index (χ3n) is 2.59. The van der Waals surface area contributed by atoms with Crippen LogP contribution in [0.4, 0.5) is 11.1 Å². The van der Waals surface area contributed by atoms with Gasteiger partial charge >= 0.3 is 0 Å². The maximum Gasteiger partial charge on any atom is 0.233 e. The maximum atomic E-state index is 5.45. The van der Waals surface area contributed by atoms with Crippen LogP contribution in [0.3, 0.4) is 0 Å². The van der Waals surface area contributed by atoms with Gasteiger partial charge in [0.25, 0.3) is 0 Å². The van der Waals surface area contributed by atoms with Gasteiger partial charge in [-0.25, -0.2) is 0 Å². The molecule has 0 saturated carbocycles. The van der Waals surface area contributed by atoms with Crippen LogP contribution in [-0.2, 0) is 4.74 Å². The lowest BCUT2D eigenvalue weighted by molar-refractivity contribution is 0.181. The molecule has 2 heterocycles. The van der Waals surface area contributed by atoms with Crippen molar-refractivity contribution in [2.24, 2.45) is 0 Å². The second kappa shape index (κ2) is 3.70. The highest BCUT2D eigenvalue weighted by molar-refractivity contribution is 7.09. The molecule has 0 amide bonds. The Hall–Kier alpha value is -0.880. The van der Waals surface area contributed by atoms with Gasteiger partial charge in [0.05, 0.1) is 12.1 Å². The number of nitrogen functional groups attached to an aromatic ring is 1. The van der Waals surface area contributed by atoms with Gasteiger partial charge in [-0.15, -0.1) is 0 Å². The molecule has 6 heteroatoms. The van der Waals surface area contributed by atoms with E-state index in [2.05, 4.69) is 21.6 Å². The zero-order chi connectivity index (χ0) is 10.0. The third kappa shape index (κ3) is 1.80. The summed E-state index contributed by atoms with van der Waals surface area (Å²) in [5.41, 5.74) is 5.49. The van der Waals surface area contributed by atoms with Gasteiger partial charge in [0.15, 0.2) is 0 Å². The van der Waals surface area contributed by atoms with E-state index in [0.717, 1.165) is 31.2 Å². The first-order valence-corrected chi connectivity index (χ1v) is 5.46. The second-order valence-corrected chi connectivity index (χ2v) is 4.27. The number of rotatable bonds is 3. The molecule has 1 atom stereocenters. The van der Waals surface area contributed by atoms with Crippen molar-refractivity contribution >= 4 is 22.6 Å². The van der Waals surface area contributed by atoms with E-state index >= 15 is 0 Å². The SMILES string of the molecule is CCC1(Nc2nc(N)ns2)CCOC1. The Bertz CT molecular complexity index is 308. The minimum absolute atomic E-state index is 0.0337. The summed E-state index contributed by atoms with van der Waals surface area (Å²) in [5.74, 6) is 0.336. The molecule has 1 saturated heterocycles. The fourth-order valence-corrected chi connectivity index (χ4v) is 2.20. The molecule has 0 aromatic carbocycles. The Kier molecular flexibility index (Phi) is 2.56. The molecule has 1 aromatic heterocycles. The van der Waals surface area contributed by atoms with Crippen molar-refractivity contribution in [2.45, 2.75) is 25.3 Å². The fraction of sp³-hybridized carbons (Fsp3) is 0.750. The monoisotopic (exact) mass is 214 g/mol. The van der Waals surface area contributed by atoms with Crippen molar-refractivity contribution in [1.82, 2.24) is 9.36 Å². The van der Waals surface area contributed by atoms with E-state index in [0.29, 0.717) is 5.95 Å². The average Bonchev–Trinajstić information content (AvgIpc) is 2.77. The number of nitrogens with zero attached hydrogens (tertiary/aromatic N) is 2. The molecule has 0 radical (unpaired) electrons. The quantitative estimate of drug-likeness (QED) is 0.788. The Labute approximate surface area is 86.8 Å². The first kappa shape index (κ1) is 9.67. The topological polar surface area (TPSA) is 73.1 Å². The van der Waals surface area contributed by atoms with Gasteiger partial charge in [0.1, 0.15) is 0 Å². The van der Waals surface area contributed by atoms with Crippen LogP contribution in [0.25, 0.3) is 0 Å². The molecule has 1 aromatic rings. The summed E-state index contributed by atoms with van der Waals surface area (Å²) < 4.78 is 9.32. The lowest BCUT2D eigenvalue weighted by Crippen LogP contribution is -2.37. The Morgan fingerprint density at radius 2 is 2.57 bits per heavy atom. The van der Waals surface area contributed by atoms with Crippen molar-refractivity contribution in [2.75, 3.05) is 24.3 Å². The number of anilines is 2. The molecule has 1 fully saturated rings. The summed E-state index contributed by atoms with van der Waals surface area (Å²) in [6.45, 7) is 3.70. The number of hydrogen-bond acceptors (Lipinski definition) is 6. The van der Waals surface area contributed by atoms with Crippen molar-refractivity contribution in [3.8, 4) is 0 Å². The van der Waals surface area contributed by atoms with Crippen molar-refractivity contribution in [3.63, 3.8) is 0 Å². The minimum atomic E-state index is 0.0337. The molecule has 1 unspecified atom stereocenters. The largest absolute Gasteiger partial charge is 0.379 e. The van der Waals surface area contributed by atoms with Gasteiger partial charge in [0, 0.05) is 18.1 Å². The molecular weight excluding hydrogens is 200 g/mol. The Morgan fingerprint density at radius 1 is 1.71 bits per heavy atom. The highest BCUT2D eigenvalue weighted by Gasteiger charge is 2.33. The molecule has 0 spiro atoms. The number of hydrogen-bond donors (Lipinski definition) is 2. The van der Waals surface area contributed by atoms with Crippen LogP contribution in [-0.4, -0.2) is 28.1 Å². The van der Waals surface area contributed by atoms with E-state index in [1.807, 2.05) is 0 Å². The van der Waals surface area contributed by atoms with Gasteiger partial charge in [0.2, 0.25) is 11.1 Å². The van der Waals surface area contributed by atoms with E-state index in [-0.39, 0.29) is 5.54 Å². The molecule has 0 aliphatic carbocycles. The van der Waals surface area contributed by atoms with Gasteiger partial charge in [-0.2, -0.15) is 9.36 Å². The van der Waals surface area contributed by atoms with Crippen LogP contribution in [0.5, 0.6) is 0 Å². The van der Waals surface area contributed by atoms with E-state index in [9.17, 15) is 0 Å². The predicted octanol–water partition coefficient (Wildman–Crippen LogP) is 1.10.